The molecule has 0 saturated carbocycles. The maximum atomic E-state index is 12.2. The lowest BCUT2D eigenvalue weighted by Gasteiger charge is -2.24. The minimum atomic E-state index is -0.722. The zero-order valence-corrected chi connectivity index (χ0v) is 15.3. The molecule has 4 rings (SSSR count). The number of likely N-dealkylation sites (N-methyl/N-ethyl adjacent to an activating group) is 1. The van der Waals surface area contributed by atoms with Crippen molar-refractivity contribution in [1.29, 1.82) is 0 Å². The van der Waals surface area contributed by atoms with Crippen molar-refractivity contribution in [2.24, 2.45) is 5.92 Å². The maximum Gasteiger partial charge on any atom is 0.309 e. The van der Waals surface area contributed by atoms with E-state index >= 15 is 0 Å². The van der Waals surface area contributed by atoms with Gasteiger partial charge in [0.05, 0.1) is 13.0 Å². The minimum absolute atomic E-state index is 0.00972. The van der Waals surface area contributed by atoms with Crippen molar-refractivity contribution in [2.75, 3.05) is 20.7 Å². The number of fused-ring (bicyclic) bond motifs is 1. The monoisotopic (exact) mass is 351 g/mol. The SMILES string of the molecule is COc1ccc(C2C(C(=O)O)C(c3ccc4c(c3)CCC4)CN2C)cc1. The third-order valence-corrected chi connectivity index (χ3v) is 6.03. The molecule has 2 aromatic rings. The summed E-state index contributed by atoms with van der Waals surface area (Å²) >= 11 is 0. The summed E-state index contributed by atoms with van der Waals surface area (Å²) in [7, 11) is 3.67. The van der Waals surface area contributed by atoms with Gasteiger partial charge in [-0.1, -0.05) is 30.3 Å². The number of likely N-dealkylation sites (tertiary alicyclic amines) is 1. The molecule has 3 unspecified atom stereocenters. The number of rotatable bonds is 4. The number of carboxylic acid groups (broad SMARTS) is 1. The largest absolute Gasteiger partial charge is 0.497 e. The smallest absolute Gasteiger partial charge is 0.309 e. The van der Waals surface area contributed by atoms with E-state index in [2.05, 4.69) is 23.1 Å². The van der Waals surface area contributed by atoms with Gasteiger partial charge in [0.1, 0.15) is 5.75 Å². The second-order valence-electron chi connectivity index (χ2n) is 7.51. The van der Waals surface area contributed by atoms with Crippen molar-refractivity contribution in [3.63, 3.8) is 0 Å². The molecule has 0 amide bonds. The highest BCUT2D eigenvalue weighted by Crippen LogP contribution is 2.45. The first-order valence-electron chi connectivity index (χ1n) is 9.27. The van der Waals surface area contributed by atoms with Crippen LogP contribution in [0.1, 0.15) is 40.6 Å². The number of carboxylic acids is 1. The highest BCUT2D eigenvalue weighted by molar-refractivity contribution is 5.73. The molecule has 1 heterocycles. The van der Waals surface area contributed by atoms with Crippen molar-refractivity contribution in [3.8, 4) is 5.75 Å². The van der Waals surface area contributed by atoms with Gasteiger partial charge in [-0.3, -0.25) is 9.69 Å². The molecule has 4 nitrogen and oxygen atoms in total. The second-order valence-corrected chi connectivity index (χ2v) is 7.51. The molecule has 3 atom stereocenters. The van der Waals surface area contributed by atoms with Gasteiger partial charge < -0.3 is 9.84 Å². The van der Waals surface area contributed by atoms with Gasteiger partial charge in [0.25, 0.3) is 0 Å². The number of methoxy groups -OCH3 is 1. The molecule has 4 heteroatoms. The van der Waals surface area contributed by atoms with Crippen LogP contribution in [-0.4, -0.2) is 36.7 Å². The van der Waals surface area contributed by atoms with Crippen molar-refractivity contribution < 1.29 is 14.6 Å². The van der Waals surface area contributed by atoms with Gasteiger partial charge in [-0.05, 0) is 60.7 Å². The lowest BCUT2D eigenvalue weighted by molar-refractivity contribution is -0.143. The predicted molar refractivity (Wildman–Crippen MR) is 101 cm³/mol. The summed E-state index contributed by atoms with van der Waals surface area (Å²) in [5.41, 5.74) is 5.03. The molecule has 2 aromatic carbocycles. The number of hydrogen-bond donors (Lipinski definition) is 1. The van der Waals surface area contributed by atoms with Gasteiger partial charge in [0, 0.05) is 18.5 Å². The summed E-state index contributed by atoms with van der Waals surface area (Å²) in [6, 6.07) is 14.3. The Labute approximate surface area is 154 Å². The van der Waals surface area contributed by atoms with Gasteiger partial charge in [-0.2, -0.15) is 0 Å². The Balaban J connectivity index is 1.69. The van der Waals surface area contributed by atoms with E-state index in [9.17, 15) is 9.90 Å². The number of benzene rings is 2. The number of nitrogens with zero attached hydrogens (tertiary/aromatic N) is 1. The topological polar surface area (TPSA) is 49.8 Å². The highest BCUT2D eigenvalue weighted by Gasteiger charge is 2.46. The van der Waals surface area contributed by atoms with Crippen LogP contribution >= 0.6 is 0 Å². The Morgan fingerprint density at radius 1 is 1.08 bits per heavy atom. The normalized spacial score (nSPS) is 25.2. The molecule has 0 bridgehead atoms. The Morgan fingerprint density at radius 3 is 2.46 bits per heavy atom. The van der Waals surface area contributed by atoms with Crippen LogP contribution in [-0.2, 0) is 17.6 Å². The first-order valence-corrected chi connectivity index (χ1v) is 9.27. The Bertz CT molecular complexity index is 815. The van der Waals surface area contributed by atoms with Crippen LogP contribution in [0.4, 0.5) is 0 Å². The van der Waals surface area contributed by atoms with Gasteiger partial charge in [0.2, 0.25) is 0 Å². The maximum absolute atomic E-state index is 12.2. The molecule has 0 radical (unpaired) electrons. The quantitative estimate of drug-likeness (QED) is 0.913. The van der Waals surface area contributed by atoms with E-state index in [1.807, 2.05) is 31.3 Å². The van der Waals surface area contributed by atoms with E-state index in [1.54, 1.807) is 7.11 Å². The molecule has 1 aliphatic heterocycles. The summed E-state index contributed by atoms with van der Waals surface area (Å²) in [5.74, 6) is -0.375. The van der Waals surface area contributed by atoms with Crippen LogP contribution in [0.15, 0.2) is 42.5 Å². The zero-order valence-electron chi connectivity index (χ0n) is 15.3. The number of carbonyl (C=O) groups is 1. The Morgan fingerprint density at radius 2 is 1.77 bits per heavy atom. The Hall–Kier alpha value is -2.33. The van der Waals surface area contributed by atoms with Crippen LogP contribution in [0.5, 0.6) is 5.75 Å². The average molecular weight is 351 g/mol. The Kier molecular flexibility index (Phi) is 4.45. The molecule has 26 heavy (non-hydrogen) atoms. The first kappa shape index (κ1) is 17.1. The van der Waals surface area contributed by atoms with E-state index in [0.29, 0.717) is 0 Å². The molecular formula is C22H25NO3. The third-order valence-electron chi connectivity index (χ3n) is 6.03. The number of ether oxygens (including phenoxy) is 1. The van der Waals surface area contributed by atoms with Crippen molar-refractivity contribution in [3.05, 3.63) is 64.7 Å². The molecule has 0 spiro atoms. The molecule has 1 fully saturated rings. The van der Waals surface area contributed by atoms with Crippen LogP contribution in [0, 0.1) is 5.92 Å². The third kappa shape index (κ3) is 2.88. The van der Waals surface area contributed by atoms with Gasteiger partial charge in [-0.25, -0.2) is 0 Å². The summed E-state index contributed by atoms with van der Waals surface area (Å²) in [6.07, 6.45) is 3.47. The second kappa shape index (κ2) is 6.76. The van der Waals surface area contributed by atoms with E-state index in [0.717, 1.165) is 30.7 Å². The average Bonchev–Trinajstić information content (AvgIpc) is 3.25. The molecule has 1 saturated heterocycles. The van der Waals surface area contributed by atoms with Crippen LogP contribution in [0.25, 0.3) is 0 Å². The summed E-state index contributed by atoms with van der Waals surface area (Å²) in [6.45, 7) is 0.756. The number of aliphatic carboxylic acids is 1. The fourth-order valence-electron chi connectivity index (χ4n) is 4.74. The van der Waals surface area contributed by atoms with Crippen molar-refractivity contribution in [2.45, 2.75) is 31.2 Å². The minimum Gasteiger partial charge on any atom is -0.497 e. The van der Waals surface area contributed by atoms with Crippen LogP contribution < -0.4 is 4.74 Å². The fourth-order valence-corrected chi connectivity index (χ4v) is 4.74. The van der Waals surface area contributed by atoms with E-state index < -0.39 is 11.9 Å². The van der Waals surface area contributed by atoms with Crippen molar-refractivity contribution in [1.82, 2.24) is 4.90 Å². The standard InChI is InChI=1S/C22H25NO3/c1-23-13-19(17-7-6-14-4-3-5-16(14)12-17)20(22(24)25)21(23)15-8-10-18(26-2)11-9-15/h6-12,19-21H,3-5,13H2,1-2H3,(H,24,25). The predicted octanol–water partition coefficient (Wildman–Crippen LogP) is 3.66. The summed E-state index contributed by atoms with van der Waals surface area (Å²) in [5, 5.41) is 10.0. The van der Waals surface area contributed by atoms with Crippen LogP contribution in [0.2, 0.25) is 0 Å². The van der Waals surface area contributed by atoms with Gasteiger partial charge in [0.15, 0.2) is 0 Å². The molecule has 136 valence electrons. The van der Waals surface area contributed by atoms with Gasteiger partial charge in [-0.15, -0.1) is 0 Å². The fraction of sp³-hybridized carbons (Fsp3) is 0.409. The molecule has 1 aliphatic carbocycles. The number of aryl methyl sites for hydroxylation is 2. The molecular weight excluding hydrogens is 326 g/mol. The molecule has 0 aromatic heterocycles. The first-order chi connectivity index (χ1) is 12.6. The van der Waals surface area contributed by atoms with E-state index in [-0.39, 0.29) is 12.0 Å². The van der Waals surface area contributed by atoms with Gasteiger partial charge >= 0.3 is 5.97 Å². The number of hydrogen-bond acceptors (Lipinski definition) is 3. The van der Waals surface area contributed by atoms with Crippen LogP contribution in [0.3, 0.4) is 0 Å². The summed E-state index contributed by atoms with van der Waals surface area (Å²) < 4.78 is 5.24. The lowest BCUT2D eigenvalue weighted by Crippen LogP contribution is -2.26. The van der Waals surface area contributed by atoms with E-state index in [4.69, 9.17) is 4.74 Å². The summed E-state index contributed by atoms with van der Waals surface area (Å²) in [4.78, 5) is 14.4. The lowest BCUT2D eigenvalue weighted by atomic mass is 9.82. The highest BCUT2D eigenvalue weighted by atomic mass is 16.5. The van der Waals surface area contributed by atoms with E-state index in [1.165, 1.54) is 23.1 Å². The molecule has 2 aliphatic rings. The molecule has 1 N–H and O–H groups in total. The zero-order chi connectivity index (χ0) is 18.3. The van der Waals surface area contributed by atoms with Crippen molar-refractivity contribution >= 4 is 5.97 Å².